The molecule has 2 N–H and O–H groups in total. The van der Waals surface area contributed by atoms with Crippen molar-refractivity contribution in [3.63, 3.8) is 0 Å². The van der Waals surface area contributed by atoms with Gasteiger partial charge >= 0.3 is 0 Å². The van der Waals surface area contributed by atoms with Gasteiger partial charge in [-0.25, -0.2) is 0 Å². The first kappa shape index (κ1) is 16.2. The maximum atomic E-state index is 12.1. The maximum Gasteiger partial charge on any atom is 0.222 e. The molecule has 3 heteroatoms. The predicted octanol–water partition coefficient (Wildman–Crippen LogP) is 3.10. The summed E-state index contributed by atoms with van der Waals surface area (Å²) in [7, 11) is 0. The molecule has 0 bridgehead atoms. The highest BCUT2D eigenvalue weighted by Gasteiger charge is 2.23. The number of amides is 1. The third-order valence-corrected chi connectivity index (χ3v) is 3.87. The van der Waals surface area contributed by atoms with Crippen molar-refractivity contribution in [3.05, 3.63) is 11.6 Å². The second kappa shape index (κ2) is 7.68. The molecule has 0 radical (unpaired) electrons. The molecule has 1 aliphatic heterocycles. The van der Waals surface area contributed by atoms with E-state index in [9.17, 15) is 4.79 Å². The Hall–Kier alpha value is -0.830. The molecule has 0 spiro atoms. The van der Waals surface area contributed by atoms with Gasteiger partial charge in [-0.3, -0.25) is 4.79 Å². The minimum absolute atomic E-state index is 0.247. The van der Waals surface area contributed by atoms with Crippen LogP contribution in [0.4, 0.5) is 0 Å². The first-order chi connectivity index (χ1) is 8.95. The molecule has 0 saturated heterocycles. The van der Waals surface area contributed by atoms with E-state index in [1.165, 1.54) is 5.57 Å². The van der Waals surface area contributed by atoms with Gasteiger partial charge in [0.05, 0.1) is 0 Å². The Morgan fingerprint density at radius 1 is 1.26 bits per heavy atom. The van der Waals surface area contributed by atoms with E-state index in [4.69, 9.17) is 5.73 Å². The van der Waals surface area contributed by atoms with Crippen LogP contribution in [0.1, 0.15) is 59.3 Å². The lowest BCUT2D eigenvalue weighted by atomic mass is 9.83. The summed E-state index contributed by atoms with van der Waals surface area (Å²) in [6.07, 6.45) is 8.33. The minimum atomic E-state index is 0.247. The molecule has 0 aromatic carbocycles. The number of rotatable bonds is 6. The zero-order valence-corrected chi connectivity index (χ0v) is 12.9. The summed E-state index contributed by atoms with van der Waals surface area (Å²) in [5.74, 6) is 0.317. The number of nitrogens with two attached hydrogens (primary N) is 1. The van der Waals surface area contributed by atoms with E-state index in [-0.39, 0.29) is 5.41 Å². The van der Waals surface area contributed by atoms with Crippen molar-refractivity contribution in [1.82, 2.24) is 4.90 Å². The Bertz CT molecular complexity index is 315. The van der Waals surface area contributed by atoms with Gasteiger partial charge in [-0.15, -0.1) is 0 Å². The Kier molecular flexibility index (Phi) is 6.56. The number of unbranched alkanes of at least 4 members (excludes halogenated alkanes) is 3. The first-order valence-corrected chi connectivity index (χ1v) is 7.62. The minimum Gasteiger partial charge on any atom is -0.339 e. The summed E-state index contributed by atoms with van der Waals surface area (Å²) in [5.41, 5.74) is 7.19. The van der Waals surface area contributed by atoms with Crippen LogP contribution in [0.15, 0.2) is 11.6 Å². The van der Waals surface area contributed by atoms with Crippen LogP contribution in [0, 0.1) is 5.41 Å². The molecule has 0 fully saturated rings. The van der Waals surface area contributed by atoms with Crippen LogP contribution in [0.5, 0.6) is 0 Å². The molecule has 1 aliphatic rings. The highest BCUT2D eigenvalue weighted by atomic mass is 16.2. The van der Waals surface area contributed by atoms with Gasteiger partial charge in [-0.1, -0.05) is 45.3 Å². The van der Waals surface area contributed by atoms with Gasteiger partial charge in [0, 0.05) is 19.5 Å². The fourth-order valence-corrected chi connectivity index (χ4v) is 2.51. The van der Waals surface area contributed by atoms with E-state index >= 15 is 0 Å². The van der Waals surface area contributed by atoms with E-state index in [0.717, 1.165) is 51.7 Å². The molecule has 19 heavy (non-hydrogen) atoms. The number of carbonyl (C=O) groups is 1. The predicted molar refractivity (Wildman–Crippen MR) is 80.9 cm³/mol. The quantitative estimate of drug-likeness (QED) is 0.593. The molecule has 0 saturated carbocycles. The summed E-state index contributed by atoms with van der Waals surface area (Å²) in [5, 5.41) is 0. The van der Waals surface area contributed by atoms with Crippen molar-refractivity contribution in [2.75, 3.05) is 19.6 Å². The van der Waals surface area contributed by atoms with E-state index in [2.05, 4.69) is 26.8 Å². The average Bonchev–Trinajstić information content (AvgIpc) is 2.37. The standard InChI is InChI=1S/C16H30N2O/c1-16(2,3)14-9-12-18(13-10-14)15(19)8-6-4-5-7-11-17/h9H,4-8,10-13,17H2,1-3H3. The van der Waals surface area contributed by atoms with Gasteiger partial charge in [-0.05, 0) is 31.2 Å². The summed E-state index contributed by atoms with van der Waals surface area (Å²) >= 11 is 0. The van der Waals surface area contributed by atoms with Crippen molar-refractivity contribution in [3.8, 4) is 0 Å². The zero-order chi connectivity index (χ0) is 14.3. The van der Waals surface area contributed by atoms with Crippen LogP contribution in [0.25, 0.3) is 0 Å². The summed E-state index contributed by atoms with van der Waals surface area (Å²) in [4.78, 5) is 14.1. The van der Waals surface area contributed by atoms with Gasteiger partial charge in [0.2, 0.25) is 5.91 Å². The zero-order valence-electron chi connectivity index (χ0n) is 12.9. The van der Waals surface area contributed by atoms with E-state index in [1.54, 1.807) is 0 Å². The lowest BCUT2D eigenvalue weighted by molar-refractivity contribution is -0.131. The van der Waals surface area contributed by atoms with E-state index in [1.807, 2.05) is 4.90 Å². The summed E-state index contributed by atoms with van der Waals surface area (Å²) in [6, 6.07) is 0. The fourth-order valence-electron chi connectivity index (χ4n) is 2.51. The molecular formula is C16H30N2O. The molecule has 0 aliphatic carbocycles. The molecule has 0 atom stereocenters. The third kappa shape index (κ3) is 5.77. The molecule has 0 unspecified atom stereocenters. The monoisotopic (exact) mass is 266 g/mol. The van der Waals surface area contributed by atoms with Gasteiger partial charge < -0.3 is 10.6 Å². The van der Waals surface area contributed by atoms with Gasteiger partial charge in [-0.2, -0.15) is 0 Å². The second-order valence-electron chi connectivity index (χ2n) is 6.52. The fraction of sp³-hybridized carbons (Fsp3) is 0.812. The highest BCUT2D eigenvalue weighted by Crippen LogP contribution is 2.30. The van der Waals surface area contributed by atoms with Crippen LogP contribution < -0.4 is 5.73 Å². The molecule has 1 heterocycles. The second-order valence-corrected chi connectivity index (χ2v) is 6.52. The van der Waals surface area contributed by atoms with Crippen molar-refractivity contribution in [1.29, 1.82) is 0 Å². The smallest absolute Gasteiger partial charge is 0.222 e. The molecule has 110 valence electrons. The topological polar surface area (TPSA) is 46.3 Å². The third-order valence-electron chi connectivity index (χ3n) is 3.87. The lowest BCUT2D eigenvalue weighted by Crippen LogP contribution is -2.36. The Morgan fingerprint density at radius 2 is 1.95 bits per heavy atom. The number of hydrogen-bond donors (Lipinski definition) is 1. The van der Waals surface area contributed by atoms with Crippen LogP contribution in [-0.4, -0.2) is 30.4 Å². The Balaban J connectivity index is 2.27. The Morgan fingerprint density at radius 3 is 2.47 bits per heavy atom. The SMILES string of the molecule is CC(C)(C)C1=CCN(C(=O)CCCCCCN)CC1. The van der Waals surface area contributed by atoms with Crippen molar-refractivity contribution < 1.29 is 4.79 Å². The number of hydrogen-bond acceptors (Lipinski definition) is 2. The molecule has 0 aromatic rings. The normalized spacial score (nSPS) is 16.4. The van der Waals surface area contributed by atoms with Crippen molar-refractivity contribution in [2.24, 2.45) is 11.1 Å². The van der Waals surface area contributed by atoms with Crippen LogP contribution >= 0.6 is 0 Å². The summed E-state index contributed by atoms with van der Waals surface area (Å²) in [6.45, 7) is 9.19. The van der Waals surface area contributed by atoms with Crippen LogP contribution in [0.2, 0.25) is 0 Å². The number of nitrogens with zero attached hydrogens (tertiary/aromatic N) is 1. The van der Waals surface area contributed by atoms with Crippen LogP contribution in [0.3, 0.4) is 0 Å². The first-order valence-electron chi connectivity index (χ1n) is 7.62. The number of carbonyl (C=O) groups excluding carboxylic acids is 1. The highest BCUT2D eigenvalue weighted by molar-refractivity contribution is 5.76. The lowest BCUT2D eigenvalue weighted by Gasteiger charge is -2.32. The van der Waals surface area contributed by atoms with Crippen LogP contribution in [-0.2, 0) is 4.79 Å². The maximum absolute atomic E-state index is 12.1. The van der Waals surface area contributed by atoms with Crippen molar-refractivity contribution in [2.45, 2.75) is 59.3 Å². The molecule has 1 rings (SSSR count). The van der Waals surface area contributed by atoms with E-state index < -0.39 is 0 Å². The van der Waals surface area contributed by atoms with E-state index in [0.29, 0.717) is 12.3 Å². The van der Waals surface area contributed by atoms with Gasteiger partial charge in [0.25, 0.3) is 0 Å². The van der Waals surface area contributed by atoms with Gasteiger partial charge in [0.1, 0.15) is 0 Å². The van der Waals surface area contributed by atoms with Gasteiger partial charge in [0.15, 0.2) is 0 Å². The molecule has 0 aromatic heterocycles. The average molecular weight is 266 g/mol. The summed E-state index contributed by atoms with van der Waals surface area (Å²) < 4.78 is 0. The van der Waals surface area contributed by atoms with Crippen molar-refractivity contribution >= 4 is 5.91 Å². The molecule has 1 amide bonds. The largest absolute Gasteiger partial charge is 0.339 e. The molecule has 3 nitrogen and oxygen atoms in total. The molecular weight excluding hydrogens is 236 g/mol. The Labute approximate surface area is 118 Å².